The first-order valence-electron chi connectivity index (χ1n) is 7.43. The van der Waals surface area contributed by atoms with Crippen LogP contribution in [0.4, 0.5) is 0 Å². The Morgan fingerprint density at radius 1 is 1.33 bits per heavy atom. The fourth-order valence-corrected chi connectivity index (χ4v) is 2.96. The van der Waals surface area contributed by atoms with Crippen molar-refractivity contribution in [2.45, 2.75) is 59.0 Å². The predicted octanol–water partition coefficient (Wildman–Crippen LogP) is 3.38. The van der Waals surface area contributed by atoms with Gasteiger partial charge in [-0.3, -0.25) is 0 Å². The van der Waals surface area contributed by atoms with Crippen molar-refractivity contribution in [3.05, 3.63) is 18.2 Å². The van der Waals surface area contributed by atoms with E-state index >= 15 is 0 Å². The molecule has 0 saturated heterocycles. The summed E-state index contributed by atoms with van der Waals surface area (Å²) in [7, 11) is 0. The van der Waals surface area contributed by atoms with Crippen molar-refractivity contribution in [1.82, 2.24) is 14.9 Å². The van der Waals surface area contributed by atoms with E-state index in [9.17, 15) is 0 Å². The summed E-state index contributed by atoms with van der Waals surface area (Å²) in [4.78, 5) is 4.34. The highest BCUT2D eigenvalue weighted by Gasteiger charge is 2.26. The summed E-state index contributed by atoms with van der Waals surface area (Å²) in [6.45, 7) is 9.02. The lowest BCUT2D eigenvalue weighted by molar-refractivity contribution is 0.208. The van der Waals surface area contributed by atoms with E-state index in [-0.39, 0.29) is 0 Å². The third kappa shape index (κ3) is 3.14. The lowest BCUT2D eigenvalue weighted by Gasteiger charge is -2.33. The van der Waals surface area contributed by atoms with Crippen molar-refractivity contribution < 1.29 is 0 Å². The molecule has 3 nitrogen and oxygen atoms in total. The first-order chi connectivity index (χ1) is 8.72. The van der Waals surface area contributed by atoms with E-state index in [0.29, 0.717) is 6.04 Å². The zero-order chi connectivity index (χ0) is 13.0. The molecule has 1 heterocycles. The van der Waals surface area contributed by atoms with Gasteiger partial charge in [-0.25, -0.2) is 4.98 Å². The molecule has 2 rings (SSSR count). The first-order valence-corrected chi connectivity index (χ1v) is 7.43. The second-order valence-corrected chi connectivity index (χ2v) is 5.89. The van der Waals surface area contributed by atoms with Crippen molar-refractivity contribution in [2.75, 3.05) is 6.54 Å². The van der Waals surface area contributed by atoms with Crippen LogP contribution in [0.2, 0.25) is 0 Å². The van der Waals surface area contributed by atoms with E-state index in [4.69, 9.17) is 0 Å². The van der Waals surface area contributed by atoms with Crippen molar-refractivity contribution in [2.24, 2.45) is 11.8 Å². The molecular weight excluding hydrogens is 222 g/mol. The van der Waals surface area contributed by atoms with Crippen LogP contribution in [0, 0.1) is 11.8 Å². The van der Waals surface area contributed by atoms with E-state index < -0.39 is 0 Å². The van der Waals surface area contributed by atoms with Gasteiger partial charge in [0.05, 0.1) is 12.0 Å². The molecule has 0 spiro atoms. The lowest BCUT2D eigenvalue weighted by atomic mass is 9.79. The van der Waals surface area contributed by atoms with Gasteiger partial charge in [0.1, 0.15) is 0 Å². The van der Waals surface area contributed by atoms with E-state index in [2.05, 4.69) is 35.6 Å². The standard InChI is InChI=1S/C15H27N3/c1-4-7-16-9-15-10-17-11-18(15)14-6-5-12(2)13(3)8-14/h10-14,16H,4-9H2,1-3H3. The summed E-state index contributed by atoms with van der Waals surface area (Å²) in [6, 6.07) is 0.664. The van der Waals surface area contributed by atoms with Crippen molar-refractivity contribution in [3.8, 4) is 0 Å². The first kappa shape index (κ1) is 13.6. The van der Waals surface area contributed by atoms with Gasteiger partial charge in [-0.1, -0.05) is 20.8 Å². The Labute approximate surface area is 111 Å². The van der Waals surface area contributed by atoms with Crippen LogP contribution < -0.4 is 5.32 Å². The minimum absolute atomic E-state index is 0.664. The average molecular weight is 249 g/mol. The Balaban J connectivity index is 1.98. The van der Waals surface area contributed by atoms with Crippen molar-refractivity contribution in [3.63, 3.8) is 0 Å². The van der Waals surface area contributed by atoms with Crippen LogP contribution in [0.3, 0.4) is 0 Å². The number of hydrogen-bond acceptors (Lipinski definition) is 2. The van der Waals surface area contributed by atoms with Gasteiger partial charge in [0.15, 0.2) is 0 Å². The quantitative estimate of drug-likeness (QED) is 0.811. The van der Waals surface area contributed by atoms with Crippen LogP contribution in [0.25, 0.3) is 0 Å². The fourth-order valence-electron chi connectivity index (χ4n) is 2.96. The summed E-state index contributed by atoms with van der Waals surface area (Å²) in [5.41, 5.74) is 1.34. The molecule has 1 fully saturated rings. The zero-order valence-corrected chi connectivity index (χ0v) is 12.0. The largest absolute Gasteiger partial charge is 0.330 e. The molecule has 1 N–H and O–H groups in total. The molecule has 0 radical (unpaired) electrons. The molecule has 18 heavy (non-hydrogen) atoms. The number of nitrogens with one attached hydrogen (secondary N) is 1. The van der Waals surface area contributed by atoms with Crippen LogP contribution in [-0.4, -0.2) is 16.1 Å². The van der Waals surface area contributed by atoms with Crippen molar-refractivity contribution >= 4 is 0 Å². The smallest absolute Gasteiger partial charge is 0.0951 e. The van der Waals surface area contributed by atoms with Crippen LogP contribution in [0.15, 0.2) is 12.5 Å². The maximum absolute atomic E-state index is 4.34. The monoisotopic (exact) mass is 249 g/mol. The minimum Gasteiger partial charge on any atom is -0.330 e. The number of hydrogen-bond donors (Lipinski definition) is 1. The van der Waals surface area contributed by atoms with Gasteiger partial charge in [0.25, 0.3) is 0 Å². The van der Waals surface area contributed by atoms with E-state index in [0.717, 1.165) is 24.9 Å². The highest BCUT2D eigenvalue weighted by molar-refractivity contribution is 5.01. The van der Waals surface area contributed by atoms with Gasteiger partial charge in [-0.2, -0.15) is 0 Å². The van der Waals surface area contributed by atoms with Gasteiger partial charge >= 0.3 is 0 Å². The molecule has 0 amide bonds. The summed E-state index contributed by atoms with van der Waals surface area (Å²) in [5.74, 6) is 1.72. The van der Waals surface area contributed by atoms with Gasteiger partial charge in [-0.05, 0) is 44.1 Å². The Morgan fingerprint density at radius 2 is 2.17 bits per heavy atom. The van der Waals surface area contributed by atoms with Crippen molar-refractivity contribution in [1.29, 1.82) is 0 Å². The fraction of sp³-hybridized carbons (Fsp3) is 0.800. The maximum atomic E-state index is 4.34. The van der Waals surface area contributed by atoms with Crippen LogP contribution >= 0.6 is 0 Å². The normalized spacial score (nSPS) is 28.5. The highest BCUT2D eigenvalue weighted by atomic mass is 15.1. The van der Waals surface area contributed by atoms with E-state index in [1.54, 1.807) is 0 Å². The van der Waals surface area contributed by atoms with Crippen LogP contribution in [0.5, 0.6) is 0 Å². The van der Waals surface area contributed by atoms with Gasteiger partial charge in [-0.15, -0.1) is 0 Å². The average Bonchev–Trinajstić information content (AvgIpc) is 2.81. The summed E-state index contributed by atoms with van der Waals surface area (Å²) < 4.78 is 2.41. The molecule has 1 aliphatic carbocycles. The topological polar surface area (TPSA) is 29.9 Å². The lowest BCUT2D eigenvalue weighted by Crippen LogP contribution is -2.25. The molecule has 3 heteroatoms. The van der Waals surface area contributed by atoms with Crippen LogP contribution in [0.1, 0.15) is 58.2 Å². The third-order valence-electron chi connectivity index (χ3n) is 4.44. The summed E-state index contributed by atoms with van der Waals surface area (Å²) in [6.07, 6.45) is 9.20. The number of rotatable bonds is 5. The Bertz CT molecular complexity index is 358. The number of nitrogens with zero attached hydrogens (tertiary/aromatic N) is 2. The third-order valence-corrected chi connectivity index (χ3v) is 4.44. The van der Waals surface area contributed by atoms with Gasteiger partial charge in [0.2, 0.25) is 0 Å². The van der Waals surface area contributed by atoms with Gasteiger partial charge < -0.3 is 9.88 Å². The molecule has 3 atom stereocenters. The molecule has 3 unspecified atom stereocenters. The maximum Gasteiger partial charge on any atom is 0.0951 e. The zero-order valence-electron chi connectivity index (χ0n) is 12.0. The molecule has 102 valence electrons. The molecule has 0 aliphatic heterocycles. The minimum atomic E-state index is 0.664. The van der Waals surface area contributed by atoms with E-state index in [1.807, 2.05) is 12.5 Å². The number of imidazole rings is 1. The summed E-state index contributed by atoms with van der Waals surface area (Å²) in [5, 5.41) is 3.48. The molecule has 1 saturated carbocycles. The second kappa shape index (κ2) is 6.37. The second-order valence-electron chi connectivity index (χ2n) is 5.89. The molecule has 0 aromatic carbocycles. The summed E-state index contributed by atoms with van der Waals surface area (Å²) >= 11 is 0. The Hall–Kier alpha value is -0.830. The van der Waals surface area contributed by atoms with Gasteiger partial charge in [0, 0.05) is 18.8 Å². The highest BCUT2D eigenvalue weighted by Crippen LogP contribution is 2.36. The molecule has 1 aromatic heterocycles. The molecule has 1 aliphatic rings. The molecule has 1 aromatic rings. The Kier molecular flexibility index (Phi) is 4.81. The Morgan fingerprint density at radius 3 is 2.89 bits per heavy atom. The predicted molar refractivity (Wildman–Crippen MR) is 75.4 cm³/mol. The molecular formula is C15H27N3. The van der Waals surface area contributed by atoms with Crippen LogP contribution in [-0.2, 0) is 6.54 Å². The SMILES string of the molecule is CCCNCc1cncn1C1CCC(C)C(C)C1. The number of aromatic nitrogens is 2. The molecule has 0 bridgehead atoms. The van der Waals surface area contributed by atoms with E-state index in [1.165, 1.54) is 31.4 Å².